The first-order chi connectivity index (χ1) is 13.0. The minimum absolute atomic E-state index is 0. The molecule has 1 atom stereocenters. The molecule has 28 heavy (non-hydrogen) atoms. The molecule has 2 heterocycles. The average molecular weight is 518 g/mol. The lowest BCUT2D eigenvalue weighted by Gasteiger charge is -2.17. The van der Waals surface area contributed by atoms with Crippen LogP contribution in [0, 0.1) is 13.8 Å². The van der Waals surface area contributed by atoms with Crippen molar-refractivity contribution in [2.45, 2.75) is 46.6 Å². The molecule has 2 aromatic rings. The van der Waals surface area contributed by atoms with Crippen molar-refractivity contribution in [2.24, 2.45) is 4.99 Å². The zero-order valence-corrected chi connectivity index (χ0v) is 20.1. The van der Waals surface area contributed by atoms with Gasteiger partial charge < -0.3 is 20.4 Å². The molecule has 1 amide bonds. The lowest BCUT2D eigenvalue weighted by molar-refractivity contribution is 0.0925. The molecule has 0 fully saturated rings. The van der Waals surface area contributed by atoms with Crippen LogP contribution >= 0.6 is 35.3 Å². The molecule has 0 saturated carbocycles. The van der Waals surface area contributed by atoms with E-state index in [9.17, 15) is 4.79 Å². The van der Waals surface area contributed by atoms with E-state index in [4.69, 9.17) is 4.42 Å². The van der Waals surface area contributed by atoms with Gasteiger partial charge in [0.15, 0.2) is 11.7 Å². The smallest absolute Gasteiger partial charge is 0.287 e. The predicted octanol–water partition coefficient (Wildman–Crippen LogP) is 3.88. The lowest BCUT2D eigenvalue weighted by atomic mass is 10.2. The summed E-state index contributed by atoms with van der Waals surface area (Å²) in [6.45, 7) is 10.2. The first kappa shape index (κ1) is 24.5. The van der Waals surface area contributed by atoms with Gasteiger partial charge in [-0.1, -0.05) is 0 Å². The number of aliphatic imine (C=N–C) groups is 1. The molecule has 0 aliphatic carbocycles. The maximum absolute atomic E-state index is 12.0. The molecule has 6 nitrogen and oxygen atoms in total. The van der Waals surface area contributed by atoms with Crippen molar-refractivity contribution in [3.63, 3.8) is 0 Å². The van der Waals surface area contributed by atoms with Gasteiger partial charge in [-0.15, -0.1) is 35.3 Å². The molecule has 3 N–H and O–H groups in total. The fraction of sp³-hybridized carbons (Fsp3) is 0.500. The summed E-state index contributed by atoms with van der Waals surface area (Å²) in [6, 6.07) is 6.42. The van der Waals surface area contributed by atoms with Crippen LogP contribution in [-0.4, -0.2) is 37.5 Å². The number of hydrogen-bond donors (Lipinski definition) is 3. The zero-order valence-electron chi connectivity index (χ0n) is 17.0. The van der Waals surface area contributed by atoms with E-state index >= 15 is 0 Å². The van der Waals surface area contributed by atoms with Crippen molar-refractivity contribution < 1.29 is 9.21 Å². The average Bonchev–Trinajstić information content (AvgIpc) is 3.22. The van der Waals surface area contributed by atoms with Crippen LogP contribution < -0.4 is 16.0 Å². The highest BCUT2D eigenvalue weighted by molar-refractivity contribution is 14.0. The summed E-state index contributed by atoms with van der Waals surface area (Å²) in [5.74, 6) is 1.02. The third kappa shape index (κ3) is 8.22. The van der Waals surface area contributed by atoms with Crippen LogP contribution in [0.15, 0.2) is 33.9 Å². The molecule has 2 rings (SSSR count). The number of nitrogens with zero attached hydrogens (tertiary/aromatic N) is 1. The quantitative estimate of drug-likeness (QED) is 0.204. The largest absolute Gasteiger partial charge is 0.459 e. The van der Waals surface area contributed by atoms with Crippen LogP contribution in [0.5, 0.6) is 0 Å². The van der Waals surface area contributed by atoms with E-state index in [1.807, 2.05) is 18.3 Å². The maximum atomic E-state index is 12.0. The van der Waals surface area contributed by atoms with Crippen molar-refractivity contribution in [1.82, 2.24) is 16.0 Å². The summed E-state index contributed by atoms with van der Waals surface area (Å²) in [5.41, 5.74) is 0.846. The molecular weight excluding hydrogens is 487 g/mol. The Kier molecular flexibility index (Phi) is 11.2. The molecular formula is C20H31IN4O2S. The van der Waals surface area contributed by atoms with Gasteiger partial charge in [-0.3, -0.25) is 9.79 Å². The van der Waals surface area contributed by atoms with Gasteiger partial charge in [0.1, 0.15) is 0 Å². The molecule has 0 aliphatic heterocycles. The minimum Gasteiger partial charge on any atom is -0.459 e. The van der Waals surface area contributed by atoms with Crippen molar-refractivity contribution in [3.8, 4) is 0 Å². The first-order valence-electron chi connectivity index (χ1n) is 9.42. The van der Waals surface area contributed by atoms with E-state index in [0.717, 1.165) is 30.9 Å². The van der Waals surface area contributed by atoms with Crippen LogP contribution in [0.25, 0.3) is 0 Å². The number of thiophene rings is 1. The molecule has 0 saturated heterocycles. The molecule has 156 valence electrons. The Hall–Kier alpha value is -1.55. The summed E-state index contributed by atoms with van der Waals surface area (Å²) in [4.78, 5) is 19.3. The van der Waals surface area contributed by atoms with Gasteiger partial charge in [0.2, 0.25) is 0 Å². The van der Waals surface area contributed by atoms with E-state index in [0.29, 0.717) is 24.9 Å². The number of carbonyl (C=O) groups excluding carboxylic acids is 1. The van der Waals surface area contributed by atoms with Gasteiger partial charge in [-0.2, -0.15) is 0 Å². The highest BCUT2D eigenvalue weighted by Gasteiger charge is 2.11. The molecule has 0 spiro atoms. The van der Waals surface area contributed by atoms with Crippen LogP contribution in [0.1, 0.15) is 46.1 Å². The summed E-state index contributed by atoms with van der Waals surface area (Å²) < 4.78 is 5.19. The Morgan fingerprint density at radius 3 is 2.64 bits per heavy atom. The number of rotatable bonds is 9. The van der Waals surface area contributed by atoms with Crippen LogP contribution in [0.3, 0.4) is 0 Å². The second kappa shape index (κ2) is 12.8. The monoisotopic (exact) mass is 518 g/mol. The SMILES string of the molecule is CCNC(=NCCCNC(=O)c1occc1C)NC(C)Cc1ccc(C)s1.I. The third-order valence-corrected chi connectivity index (χ3v) is 5.01. The zero-order chi connectivity index (χ0) is 19.6. The van der Waals surface area contributed by atoms with Gasteiger partial charge in [-0.25, -0.2) is 0 Å². The fourth-order valence-corrected chi connectivity index (χ4v) is 3.68. The fourth-order valence-electron chi connectivity index (χ4n) is 2.66. The summed E-state index contributed by atoms with van der Waals surface area (Å²) in [6.07, 6.45) is 3.27. The Labute approximate surface area is 188 Å². The second-order valence-electron chi connectivity index (χ2n) is 6.56. The third-order valence-electron chi connectivity index (χ3n) is 3.99. The van der Waals surface area contributed by atoms with Crippen LogP contribution in [0.4, 0.5) is 0 Å². The molecule has 8 heteroatoms. The van der Waals surface area contributed by atoms with Gasteiger partial charge in [-0.05, 0) is 52.3 Å². The Bertz CT molecular complexity index is 757. The Morgan fingerprint density at radius 2 is 2.04 bits per heavy atom. The van der Waals surface area contributed by atoms with Crippen molar-refractivity contribution in [3.05, 3.63) is 45.5 Å². The van der Waals surface area contributed by atoms with Gasteiger partial charge in [0.25, 0.3) is 5.91 Å². The van der Waals surface area contributed by atoms with Gasteiger partial charge >= 0.3 is 0 Å². The number of hydrogen-bond acceptors (Lipinski definition) is 4. The maximum Gasteiger partial charge on any atom is 0.287 e. The topological polar surface area (TPSA) is 78.7 Å². The highest BCUT2D eigenvalue weighted by atomic mass is 127. The number of furan rings is 1. The Morgan fingerprint density at radius 1 is 1.25 bits per heavy atom. The summed E-state index contributed by atoms with van der Waals surface area (Å²) >= 11 is 1.84. The standard InChI is InChI=1S/C20H30N4O2S.HI/c1-5-21-20(24-15(3)13-17-8-7-16(4)27-17)23-11-6-10-22-19(25)18-14(2)9-12-26-18;/h7-9,12,15H,5-6,10-11,13H2,1-4H3,(H,22,25)(H2,21,23,24);1H. The molecule has 0 aromatic carbocycles. The van der Waals surface area contributed by atoms with Crippen molar-refractivity contribution in [2.75, 3.05) is 19.6 Å². The van der Waals surface area contributed by atoms with E-state index in [-0.39, 0.29) is 29.9 Å². The molecule has 2 aromatic heterocycles. The normalized spacial score (nSPS) is 12.2. The number of guanidine groups is 1. The lowest BCUT2D eigenvalue weighted by Crippen LogP contribution is -2.43. The number of amides is 1. The minimum atomic E-state index is -0.175. The number of carbonyl (C=O) groups is 1. The molecule has 0 radical (unpaired) electrons. The predicted molar refractivity (Wildman–Crippen MR) is 127 cm³/mol. The number of nitrogens with one attached hydrogen (secondary N) is 3. The van der Waals surface area contributed by atoms with Gasteiger partial charge in [0.05, 0.1) is 6.26 Å². The van der Waals surface area contributed by atoms with Crippen molar-refractivity contribution >= 4 is 47.2 Å². The van der Waals surface area contributed by atoms with E-state index in [2.05, 4.69) is 53.8 Å². The molecule has 0 bridgehead atoms. The van der Waals surface area contributed by atoms with E-state index in [1.165, 1.54) is 16.0 Å². The Balaban J connectivity index is 0.00000392. The van der Waals surface area contributed by atoms with Crippen LogP contribution in [0.2, 0.25) is 0 Å². The molecule has 1 unspecified atom stereocenters. The van der Waals surface area contributed by atoms with Gasteiger partial charge in [0, 0.05) is 47.4 Å². The van der Waals surface area contributed by atoms with Crippen LogP contribution in [-0.2, 0) is 6.42 Å². The molecule has 0 aliphatic rings. The van der Waals surface area contributed by atoms with E-state index in [1.54, 1.807) is 6.07 Å². The van der Waals surface area contributed by atoms with E-state index < -0.39 is 0 Å². The second-order valence-corrected chi connectivity index (χ2v) is 7.94. The number of halogens is 1. The highest BCUT2D eigenvalue weighted by Crippen LogP contribution is 2.16. The summed E-state index contributed by atoms with van der Waals surface area (Å²) in [5, 5.41) is 9.59. The summed E-state index contributed by atoms with van der Waals surface area (Å²) in [7, 11) is 0. The first-order valence-corrected chi connectivity index (χ1v) is 10.2. The number of aryl methyl sites for hydroxylation is 2. The van der Waals surface area contributed by atoms with Crippen molar-refractivity contribution in [1.29, 1.82) is 0 Å².